The molecule has 3 amide bonds. The number of ether oxygens (including phenoxy) is 1. The first-order chi connectivity index (χ1) is 15.5. The zero-order chi connectivity index (χ0) is 24.3. The van der Waals surface area contributed by atoms with E-state index in [4.69, 9.17) is 21.0 Å². The fourth-order valence-corrected chi connectivity index (χ4v) is 3.79. The smallest absolute Gasteiger partial charge is 0.408 e. The summed E-state index contributed by atoms with van der Waals surface area (Å²) in [6.07, 6.45) is 3.51. The normalized spacial score (nSPS) is 22.2. The molecule has 2 aliphatic carbocycles. The minimum Gasteiger partial charge on any atom is -0.444 e. The molecule has 180 valence electrons. The van der Waals surface area contributed by atoms with E-state index >= 15 is 0 Å². The Morgan fingerprint density at radius 2 is 1.36 bits per heavy atom. The molecule has 0 aromatic rings. The number of rotatable bonds is 5. The van der Waals surface area contributed by atoms with E-state index in [9.17, 15) is 14.4 Å². The third kappa shape index (κ3) is 6.82. The van der Waals surface area contributed by atoms with Crippen LogP contribution in [0.15, 0.2) is 0 Å². The van der Waals surface area contributed by atoms with Crippen LogP contribution in [0.2, 0.25) is 0 Å². The SMILES string of the molecule is CC(C)(C)OC(=O)N[C@@H](C(=O)N1CC(C#N)C1)C1CC1.N#CC1CN(C(=O)[C@H](N)C2CC2)C1. The molecule has 10 heteroatoms. The van der Waals surface area contributed by atoms with Crippen molar-refractivity contribution in [3.8, 4) is 12.1 Å². The Labute approximate surface area is 195 Å². The van der Waals surface area contributed by atoms with Gasteiger partial charge in [-0.1, -0.05) is 0 Å². The van der Waals surface area contributed by atoms with Gasteiger partial charge in [0.05, 0.1) is 30.0 Å². The molecule has 0 aromatic heterocycles. The van der Waals surface area contributed by atoms with Crippen molar-refractivity contribution in [3.63, 3.8) is 0 Å². The summed E-state index contributed by atoms with van der Waals surface area (Å²) in [5.74, 6) is 0.527. The van der Waals surface area contributed by atoms with E-state index in [1.807, 2.05) is 0 Å². The van der Waals surface area contributed by atoms with Gasteiger partial charge in [0.2, 0.25) is 11.8 Å². The van der Waals surface area contributed by atoms with Crippen molar-refractivity contribution in [2.45, 2.75) is 64.1 Å². The van der Waals surface area contributed by atoms with Gasteiger partial charge in [-0.25, -0.2) is 4.79 Å². The van der Waals surface area contributed by atoms with Crippen LogP contribution in [0.25, 0.3) is 0 Å². The van der Waals surface area contributed by atoms with E-state index in [1.165, 1.54) is 0 Å². The van der Waals surface area contributed by atoms with E-state index in [0.29, 0.717) is 32.1 Å². The van der Waals surface area contributed by atoms with Gasteiger partial charge >= 0.3 is 6.09 Å². The van der Waals surface area contributed by atoms with Crippen molar-refractivity contribution in [3.05, 3.63) is 0 Å². The number of alkyl carbamates (subject to hydrolysis) is 1. The number of hydrogen-bond acceptors (Lipinski definition) is 7. The third-order valence-corrected chi connectivity index (χ3v) is 6.20. The highest BCUT2D eigenvalue weighted by atomic mass is 16.6. The molecule has 0 radical (unpaired) electrons. The summed E-state index contributed by atoms with van der Waals surface area (Å²) < 4.78 is 5.20. The summed E-state index contributed by atoms with van der Waals surface area (Å²) in [7, 11) is 0. The average Bonchev–Trinajstić information content (AvgIpc) is 3.55. The Hall–Kier alpha value is -2.85. The molecule has 0 unspecified atom stereocenters. The number of likely N-dealkylation sites (tertiary alicyclic amines) is 2. The van der Waals surface area contributed by atoms with Crippen LogP contribution in [0.5, 0.6) is 0 Å². The Morgan fingerprint density at radius 1 is 0.909 bits per heavy atom. The predicted octanol–water partition coefficient (Wildman–Crippen LogP) is 0.977. The first-order valence-electron chi connectivity index (χ1n) is 11.6. The Morgan fingerprint density at radius 3 is 1.76 bits per heavy atom. The summed E-state index contributed by atoms with van der Waals surface area (Å²) in [6.45, 7) is 7.45. The Kier molecular flexibility index (Phi) is 7.48. The van der Waals surface area contributed by atoms with Crippen LogP contribution >= 0.6 is 0 Å². The van der Waals surface area contributed by atoms with Crippen LogP contribution < -0.4 is 11.1 Å². The molecule has 2 saturated heterocycles. The summed E-state index contributed by atoms with van der Waals surface area (Å²) >= 11 is 0. The lowest BCUT2D eigenvalue weighted by Gasteiger charge is -2.37. The van der Waals surface area contributed by atoms with Crippen LogP contribution in [-0.2, 0) is 14.3 Å². The monoisotopic (exact) mass is 458 g/mol. The highest BCUT2D eigenvalue weighted by Crippen LogP contribution is 2.35. The second-order valence-corrected chi connectivity index (χ2v) is 10.5. The molecule has 0 aromatic carbocycles. The van der Waals surface area contributed by atoms with Gasteiger partial charge < -0.3 is 25.6 Å². The van der Waals surface area contributed by atoms with Gasteiger partial charge in [0.15, 0.2) is 0 Å². The molecule has 4 fully saturated rings. The lowest BCUT2D eigenvalue weighted by Crippen LogP contribution is -2.57. The van der Waals surface area contributed by atoms with Gasteiger partial charge in [-0.3, -0.25) is 9.59 Å². The predicted molar refractivity (Wildman–Crippen MR) is 118 cm³/mol. The fourth-order valence-electron chi connectivity index (χ4n) is 3.79. The van der Waals surface area contributed by atoms with Gasteiger partial charge in [-0.2, -0.15) is 10.5 Å². The van der Waals surface area contributed by atoms with E-state index in [0.717, 1.165) is 25.7 Å². The van der Waals surface area contributed by atoms with Crippen LogP contribution in [0, 0.1) is 46.3 Å². The maximum Gasteiger partial charge on any atom is 0.408 e. The van der Waals surface area contributed by atoms with Crippen molar-refractivity contribution in [1.29, 1.82) is 10.5 Å². The molecule has 2 saturated carbocycles. The number of nitrogens with two attached hydrogens (primary N) is 1. The molecular formula is C23H34N6O4. The van der Waals surface area contributed by atoms with Crippen LogP contribution in [-0.4, -0.2) is 71.6 Å². The van der Waals surface area contributed by atoms with Crippen LogP contribution in [0.3, 0.4) is 0 Å². The number of amides is 3. The second-order valence-electron chi connectivity index (χ2n) is 10.5. The fraction of sp³-hybridized carbons (Fsp3) is 0.783. The summed E-state index contributed by atoms with van der Waals surface area (Å²) in [4.78, 5) is 39.0. The van der Waals surface area contributed by atoms with E-state index in [1.54, 1.807) is 30.6 Å². The summed E-state index contributed by atoms with van der Waals surface area (Å²) in [5.41, 5.74) is 5.17. The molecule has 0 bridgehead atoms. The topological polar surface area (TPSA) is 153 Å². The zero-order valence-electron chi connectivity index (χ0n) is 19.6. The molecule has 4 rings (SSSR count). The van der Waals surface area contributed by atoms with Gasteiger partial charge in [0.1, 0.15) is 11.6 Å². The molecule has 0 spiro atoms. The summed E-state index contributed by atoms with van der Waals surface area (Å²) in [5, 5.41) is 19.9. The van der Waals surface area contributed by atoms with E-state index in [-0.39, 0.29) is 35.6 Å². The number of nitrogens with one attached hydrogen (secondary N) is 1. The molecule has 10 nitrogen and oxygen atoms in total. The number of nitrogens with zero attached hydrogens (tertiary/aromatic N) is 4. The van der Waals surface area contributed by atoms with Gasteiger partial charge in [-0.15, -0.1) is 0 Å². The van der Waals surface area contributed by atoms with Crippen LogP contribution in [0.1, 0.15) is 46.5 Å². The minimum absolute atomic E-state index is 0.0361. The standard InChI is InChI=1S/C14H21N3O3.C9H13N3O/c1-14(2,3)20-13(19)16-11(10-4-5-10)12(18)17-7-9(6-15)8-17;10-3-6-4-12(5-6)9(13)8(11)7-1-2-7/h9-11H,4-5,7-8H2,1-3H3,(H,16,19);6-8H,1-2,4-5,11H2/t11-;8-/m11/s1. The minimum atomic E-state index is -0.579. The van der Waals surface area contributed by atoms with Crippen molar-refractivity contribution < 1.29 is 19.1 Å². The molecule has 4 aliphatic rings. The molecule has 2 aliphatic heterocycles. The van der Waals surface area contributed by atoms with Crippen molar-refractivity contribution in [1.82, 2.24) is 15.1 Å². The van der Waals surface area contributed by atoms with Crippen LogP contribution in [0.4, 0.5) is 4.79 Å². The summed E-state index contributed by atoms with van der Waals surface area (Å²) in [6, 6.07) is 3.46. The van der Waals surface area contributed by atoms with Crippen molar-refractivity contribution in [2.24, 2.45) is 29.4 Å². The lowest BCUT2D eigenvalue weighted by molar-refractivity contribution is -0.139. The number of nitriles is 2. The first kappa shape index (κ1) is 24.8. The van der Waals surface area contributed by atoms with Gasteiger partial charge in [0.25, 0.3) is 0 Å². The maximum absolute atomic E-state index is 12.3. The lowest BCUT2D eigenvalue weighted by atomic mass is 10.00. The molecule has 2 heterocycles. The van der Waals surface area contributed by atoms with E-state index in [2.05, 4.69) is 17.5 Å². The Balaban J connectivity index is 0.000000203. The average molecular weight is 459 g/mol. The van der Waals surface area contributed by atoms with Crippen molar-refractivity contribution >= 4 is 17.9 Å². The Bertz CT molecular complexity index is 836. The number of carbonyl (C=O) groups is 3. The number of hydrogen-bond donors (Lipinski definition) is 2. The van der Waals surface area contributed by atoms with Gasteiger partial charge in [0, 0.05) is 26.2 Å². The second kappa shape index (κ2) is 9.96. The van der Waals surface area contributed by atoms with Crippen molar-refractivity contribution in [2.75, 3.05) is 26.2 Å². The maximum atomic E-state index is 12.3. The quantitative estimate of drug-likeness (QED) is 0.622. The highest BCUT2D eigenvalue weighted by molar-refractivity contribution is 5.87. The first-order valence-corrected chi connectivity index (χ1v) is 11.6. The zero-order valence-corrected chi connectivity index (χ0v) is 19.6. The third-order valence-electron chi connectivity index (χ3n) is 6.20. The molecule has 2 atom stereocenters. The molecule has 33 heavy (non-hydrogen) atoms. The number of carbonyl (C=O) groups excluding carboxylic acids is 3. The molecular weight excluding hydrogens is 424 g/mol. The largest absolute Gasteiger partial charge is 0.444 e. The highest BCUT2D eigenvalue weighted by Gasteiger charge is 2.43. The van der Waals surface area contributed by atoms with Gasteiger partial charge in [-0.05, 0) is 58.3 Å². The molecule has 3 N–H and O–H groups in total. The van der Waals surface area contributed by atoms with E-state index < -0.39 is 17.7 Å².